The minimum atomic E-state index is 0.00500. The van der Waals surface area contributed by atoms with Crippen molar-refractivity contribution in [1.29, 1.82) is 0 Å². The van der Waals surface area contributed by atoms with Gasteiger partial charge in [-0.2, -0.15) is 5.10 Å². The number of aromatic nitrogens is 4. The molecule has 1 saturated heterocycles. The summed E-state index contributed by atoms with van der Waals surface area (Å²) < 4.78 is 3.86. The average Bonchev–Trinajstić information content (AvgIpc) is 3.16. The first-order chi connectivity index (χ1) is 11.9. The molecule has 1 atom stereocenters. The second-order valence-electron chi connectivity index (χ2n) is 7.02. The van der Waals surface area contributed by atoms with E-state index < -0.39 is 0 Å². The lowest BCUT2D eigenvalue weighted by molar-refractivity contribution is 0.0702. The normalized spacial score (nSPS) is 17.1. The Kier molecular flexibility index (Phi) is 4.94. The summed E-state index contributed by atoms with van der Waals surface area (Å²) in [6.45, 7) is 7.48. The van der Waals surface area contributed by atoms with E-state index in [9.17, 15) is 9.90 Å². The number of carbonyl (C=O) groups excluding carboxylic acids is 1. The number of likely N-dealkylation sites (tertiary alicyclic amines) is 1. The smallest absolute Gasteiger partial charge is 0.274 e. The van der Waals surface area contributed by atoms with E-state index in [1.54, 1.807) is 4.68 Å². The van der Waals surface area contributed by atoms with E-state index in [-0.39, 0.29) is 18.6 Å². The van der Waals surface area contributed by atoms with E-state index in [1.165, 1.54) is 0 Å². The Balaban J connectivity index is 1.69. The quantitative estimate of drug-likeness (QED) is 0.917. The number of nitrogens with zero attached hydrogens (tertiary/aromatic N) is 5. The molecule has 3 heterocycles. The maximum Gasteiger partial charge on any atom is 0.274 e. The zero-order valence-electron chi connectivity index (χ0n) is 15.4. The van der Waals surface area contributed by atoms with Crippen LogP contribution < -0.4 is 0 Å². The lowest BCUT2D eigenvalue weighted by atomic mass is 9.95. The van der Waals surface area contributed by atoms with Crippen molar-refractivity contribution in [3.05, 3.63) is 35.2 Å². The van der Waals surface area contributed by atoms with Gasteiger partial charge < -0.3 is 14.6 Å². The summed E-state index contributed by atoms with van der Waals surface area (Å²) in [5.41, 5.74) is 2.57. The van der Waals surface area contributed by atoms with Crippen molar-refractivity contribution >= 4 is 5.91 Å². The van der Waals surface area contributed by atoms with Gasteiger partial charge in [0.2, 0.25) is 0 Å². The SMILES string of the molecule is Cc1cc(C(=O)N2CCC(c3ncc(C)n3[C@H](C)CO)CC2)nn1C. The second kappa shape index (κ2) is 7.00. The number of aliphatic hydroxyl groups excluding tert-OH is 1. The van der Waals surface area contributed by atoms with Crippen molar-refractivity contribution in [2.24, 2.45) is 7.05 Å². The average molecular weight is 345 g/mol. The molecule has 1 aliphatic rings. The fourth-order valence-corrected chi connectivity index (χ4v) is 3.59. The molecule has 1 amide bonds. The third-order valence-corrected chi connectivity index (χ3v) is 5.20. The Morgan fingerprint density at radius 3 is 2.56 bits per heavy atom. The van der Waals surface area contributed by atoms with Gasteiger partial charge in [0.05, 0.1) is 12.6 Å². The number of aliphatic hydroxyl groups is 1. The predicted octanol–water partition coefficient (Wildman–Crippen LogP) is 1.81. The van der Waals surface area contributed by atoms with Crippen molar-refractivity contribution in [2.75, 3.05) is 19.7 Å². The fraction of sp³-hybridized carbons (Fsp3) is 0.611. The van der Waals surface area contributed by atoms with Gasteiger partial charge in [-0.3, -0.25) is 9.48 Å². The van der Waals surface area contributed by atoms with Gasteiger partial charge in [-0.25, -0.2) is 4.98 Å². The van der Waals surface area contributed by atoms with E-state index in [0.29, 0.717) is 24.7 Å². The number of imidazole rings is 1. The Hall–Kier alpha value is -2.15. The highest BCUT2D eigenvalue weighted by Gasteiger charge is 2.29. The summed E-state index contributed by atoms with van der Waals surface area (Å²) in [5, 5.41) is 13.8. The second-order valence-corrected chi connectivity index (χ2v) is 7.02. The first-order valence-corrected chi connectivity index (χ1v) is 8.86. The fourth-order valence-electron chi connectivity index (χ4n) is 3.59. The molecule has 0 bridgehead atoms. The molecule has 0 unspecified atom stereocenters. The van der Waals surface area contributed by atoms with Gasteiger partial charge in [0.1, 0.15) is 5.82 Å². The molecule has 3 rings (SSSR count). The van der Waals surface area contributed by atoms with Crippen LogP contribution in [0.2, 0.25) is 0 Å². The highest BCUT2D eigenvalue weighted by atomic mass is 16.3. The van der Waals surface area contributed by atoms with E-state index in [0.717, 1.165) is 30.1 Å². The summed E-state index contributed by atoms with van der Waals surface area (Å²) >= 11 is 0. The molecular weight excluding hydrogens is 318 g/mol. The highest BCUT2D eigenvalue weighted by molar-refractivity contribution is 5.92. The molecule has 0 radical (unpaired) electrons. The van der Waals surface area contributed by atoms with Crippen LogP contribution in [0, 0.1) is 13.8 Å². The van der Waals surface area contributed by atoms with Crippen LogP contribution in [0.4, 0.5) is 0 Å². The Labute approximate surface area is 148 Å². The van der Waals surface area contributed by atoms with E-state index >= 15 is 0 Å². The van der Waals surface area contributed by atoms with Crippen LogP contribution >= 0.6 is 0 Å². The number of hydrogen-bond acceptors (Lipinski definition) is 4. The van der Waals surface area contributed by atoms with Crippen molar-refractivity contribution < 1.29 is 9.90 Å². The molecule has 7 nitrogen and oxygen atoms in total. The molecule has 2 aromatic rings. The maximum atomic E-state index is 12.6. The lowest BCUT2D eigenvalue weighted by Gasteiger charge is -2.32. The summed E-state index contributed by atoms with van der Waals surface area (Å²) in [5.74, 6) is 1.35. The Bertz CT molecular complexity index is 736. The number of aryl methyl sites for hydroxylation is 3. The standard InChI is InChI=1S/C18H27N5O2/c1-12-9-16(20-21(12)4)18(25)22-7-5-15(6-8-22)17-19-10-13(2)23(17)14(3)11-24/h9-10,14-15,24H,5-8,11H2,1-4H3/t14-/m1/s1. The molecular formula is C18H27N5O2. The Morgan fingerprint density at radius 2 is 2.00 bits per heavy atom. The zero-order valence-corrected chi connectivity index (χ0v) is 15.4. The van der Waals surface area contributed by atoms with Crippen LogP contribution in [0.5, 0.6) is 0 Å². The molecule has 0 spiro atoms. The third kappa shape index (κ3) is 3.33. The van der Waals surface area contributed by atoms with E-state index in [1.807, 2.05) is 45.0 Å². The molecule has 0 aliphatic carbocycles. The molecule has 2 aromatic heterocycles. The van der Waals surface area contributed by atoms with Crippen LogP contribution in [0.15, 0.2) is 12.3 Å². The first-order valence-electron chi connectivity index (χ1n) is 8.86. The van der Waals surface area contributed by atoms with Gasteiger partial charge in [-0.05, 0) is 39.7 Å². The maximum absolute atomic E-state index is 12.6. The third-order valence-electron chi connectivity index (χ3n) is 5.20. The van der Waals surface area contributed by atoms with Crippen molar-refractivity contribution in [1.82, 2.24) is 24.2 Å². The molecule has 7 heteroatoms. The topological polar surface area (TPSA) is 76.2 Å². The number of amides is 1. The van der Waals surface area contributed by atoms with Gasteiger partial charge in [0, 0.05) is 43.6 Å². The summed E-state index contributed by atoms with van der Waals surface area (Å²) in [6, 6.07) is 1.86. The van der Waals surface area contributed by atoms with Crippen LogP contribution in [-0.4, -0.2) is 54.9 Å². The van der Waals surface area contributed by atoms with Gasteiger partial charge in [0.15, 0.2) is 5.69 Å². The van der Waals surface area contributed by atoms with Gasteiger partial charge in [0.25, 0.3) is 5.91 Å². The molecule has 0 aromatic carbocycles. The van der Waals surface area contributed by atoms with Crippen LogP contribution in [0.25, 0.3) is 0 Å². The molecule has 25 heavy (non-hydrogen) atoms. The zero-order chi connectivity index (χ0) is 18.1. The van der Waals surface area contributed by atoms with Crippen molar-refractivity contribution in [2.45, 2.75) is 45.6 Å². The van der Waals surface area contributed by atoms with Gasteiger partial charge in [-0.15, -0.1) is 0 Å². The highest BCUT2D eigenvalue weighted by Crippen LogP contribution is 2.30. The summed E-state index contributed by atoms with van der Waals surface area (Å²) in [7, 11) is 1.85. The first kappa shape index (κ1) is 17.7. The van der Waals surface area contributed by atoms with Crippen molar-refractivity contribution in [3.8, 4) is 0 Å². The molecule has 1 N–H and O–H groups in total. The largest absolute Gasteiger partial charge is 0.394 e. The van der Waals surface area contributed by atoms with E-state index in [2.05, 4.69) is 14.6 Å². The summed E-state index contributed by atoms with van der Waals surface area (Å²) in [4.78, 5) is 19.1. The minimum absolute atomic E-state index is 0.00500. The van der Waals surface area contributed by atoms with Crippen LogP contribution in [0.3, 0.4) is 0 Å². The summed E-state index contributed by atoms with van der Waals surface area (Å²) in [6.07, 6.45) is 3.63. The number of piperidine rings is 1. The van der Waals surface area contributed by atoms with Gasteiger partial charge >= 0.3 is 0 Å². The van der Waals surface area contributed by atoms with Crippen LogP contribution in [-0.2, 0) is 7.05 Å². The minimum Gasteiger partial charge on any atom is -0.394 e. The van der Waals surface area contributed by atoms with Crippen LogP contribution in [0.1, 0.15) is 59.4 Å². The van der Waals surface area contributed by atoms with Crippen molar-refractivity contribution in [3.63, 3.8) is 0 Å². The predicted molar refractivity (Wildman–Crippen MR) is 94.6 cm³/mol. The number of hydrogen-bond donors (Lipinski definition) is 1. The molecule has 1 aliphatic heterocycles. The Morgan fingerprint density at radius 1 is 1.32 bits per heavy atom. The number of carbonyl (C=O) groups is 1. The monoisotopic (exact) mass is 345 g/mol. The molecule has 1 fully saturated rings. The molecule has 0 saturated carbocycles. The number of rotatable bonds is 4. The van der Waals surface area contributed by atoms with E-state index in [4.69, 9.17) is 0 Å². The molecule has 136 valence electrons. The van der Waals surface area contributed by atoms with Gasteiger partial charge in [-0.1, -0.05) is 0 Å². The lowest BCUT2D eigenvalue weighted by Crippen LogP contribution is -2.38.